The van der Waals surface area contributed by atoms with Gasteiger partial charge in [0.25, 0.3) is 0 Å². The number of halogens is 6. The first kappa shape index (κ1) is 39.0. The summed E-state index contributed by atoms with van der Waals surface area (Å²) in [5.74, 6) is 0. The molecule has 8 nitrogen and oxygen atoms in total. The Kier molecular flexibility index (Phi) is 11.7. The topological polar surface area (TPSA) is 81.5 Å². The van der Waals surface area contributed by atoms with Crippen LogP contribution in [0.1, 0.15) is 74.5 Å². The van der Waals surface area contributed by atoms with E-state index in [1.807, 2.05) is 0 Å². The maximum Gasteiger partial charge on any atom is 0.416 e. The van der Waals surface area contributed by atoms with Crippen molar-refractivity contribution in [1.29, 1.82) is 0 Å². The van der Waals surface area contributed by atoms with Crippen molar-refractivity contribution in [2.24, 2.45) is 0 Å². The third-order valence-electron chi connectivity index (χ3n) is 8.53. The molecule has 1 fully saturated rings. The van der Waals surface area contributed by atoms with Crippen molar-refractivity contribution in [1.82, 2.24) is 10.2 Å². The van der Waals surface area contributed by atoms with Crippen molar-refractivity contribution in [2.75, 3.05) is 19.7 Å². The Bertz CT molecular complexity index is 1670. The van der Waals surface area contributed by atoms with Crippen LogP contribution >= 0.6 is 0 Å². The average Bonchev–Trinajstić information content (AvgIpc) is 3.05. The van der Waals surface area contributed by atoms with E-state index in [9.17, 15) is 35.9 Å². The SMILES string of the molecule is [C-]#[N+]CC1(NC(=O)OC(C)(C)C)CC[C@@](CO[C@H](C)c2cc(C(F)(F)F)cc(C(F)(F)F)c2)(c2ccccc2)N(C(=O)OCc2ccccc2)C1. The molecule has 0 aromatic heterocycles. The lowest BCUT2D eigenvalue weighted by Crippen LogP contribution is -2.68. The van der Waals surface area contributed by atoms with Crippen LogP contribution in [-0.4, -0.2) is 47.9 Å². The highest BCUT2D eigenvalue weighted by Crippen LogP contribution is 2.44. The van der Waals surface area contributed by atoms with E-state index in [2.05, 4.69) is 10.2 Å². The zero-order valence-electron chi connectivity index (χ0n) is 28.5. The number of carbonyl (C=O) groups is 2. The number of alkyl halides is 6. The molecule has 1 aliphatic heterocycles. The lowest BCUT2D eigenvalue weighted by atomic mass is 9.74. The Hall–Kier alpha value is -4.77. The minimum atomic E-state index is -5.06. The van der Waals surface area contributed by atoms with Gasteiger partial charge in [-0.15, -0.1) is 0 Å². The molecular weight excluding hydrogens is 680 g/mol. The van der Waals surface area contributed by atoms with Gasteiger partial charge in [-0.05, 0) is 75.4 Å². The number of piperidine rings is 1. The van der Waals surface area contributed by atoms with Gasteiger partial charge in [0.2, 0.25) is 6.54 Å². The molecule has 0 bridgehead atoms. The van der Waals surface area contributed by atoms with Gasteiger partial charge in [0, 0.05) is 0 Å². The smallest absolute Gasteiger partial charge is 0.416 e. The van der Waals surface area contributed by atoms with Crippen molar-refractivity contribution in [2.45, 2.75) is 82.3 Å². The van der Waals surface area contributed by atoms with Gasteiger partial charge in [-0.3, -0.25) is 4.90 Å². The van der Waals surface area contributed by atoms with E-state index in [-0.39, 0.29) is 44.2 Å². The van der Waals surface area contributed by atoms with E-state index in [0.717, 1.165) is 0 Å². The zero-order chi connectivity index (χ0) is 37.7. The summed E-state index contributed by atoms with van der Waals surface area (Å²) in [4.78, 5) is 32.1. The van der Waals surface area contributed by atoms with E-state index in [0.29, 0.717) is 23.3 Å². The standard InChI is InChI=1S/C37H39F6N3O5/c1-25(27-18-29(36(38,39)40)20-30(19-27)37(41,42)43)50-24-35(28-14-10-7-11-15-28)17-16-34(22-44-5,45-31(47)51-33(2,3)4)23-46(35)32(48)49-21-26-12-8-6-9-13-26/h6-15,18-20,25H,16-17,21-24H2,1-4H3,(H,45,47)/t25-,34?,35-/m1/s1. The number of nitrogens with zero attached hydrogens (tertiary/aromatic N) is 2. The molecule has 0 saturated carbocycles. The van der Waals surface area contributed by atoms with Crippen LogP contribution in [0.4, 0.5) is 35.9 Å². The maximum absolute atomic E-state index is 14.2. The van der Waals surface area contributed by atoms with Crippen LogP contribution in [0, 0.1) is 6.57 Å². The number of ether oxygens (including phenoxy) is 3. The van der Waals surface area contributed by atoms with Crippen LogP contribution < -0.4 is 5.32 Å². The lowest BCUT2D eigenvalue weighted by molar-refractivity contribution is -0.143. The first-order valence-electron chi connectivity index (χ1n) is 16.1. The number of carbonyl (C=O) groups excluding carboxylic acids is 2. The molecule has 51 heavy (non-hydrogen) atoms. The summed E-state index contributed by atoms with van der Waals surface area (Å²) in [6, 6.07) is 18.6. The van der Waals surface area contributed by atoms with Gasteiger partial charge in [-0.25, -0.2) is 16.2 Å². The van der Waals surface area contributed by atoms with E-state index in [1.54, 1.807) is 81.4 Å². The number of nitrogens with one attached hydrogen (secondary N) is 1. The van der Waals surface area contributed by atoms with Crippen LogP contribution in [0.5, 0.6) is 0 Å². The van der Waals surface area contributed by atoms with Gasteiger partial charge in [-0.1, -0.05) is 60.7 Å². The average molecular weight is 720 g/mol. The quantitative estimate of drug-likeness (QED) is 0.176. The molecular formula is C37H39F6N3O5. The molecule has 1 heterocycles. The lowest BCUT2D eigenvalue weighted by Gasteiger charge is -2.52. The number of rotatable bonds is 9. The molecule has 274 valence electrons. The summed E-state index contributed by atoms with van der Waals surface area (Å²) >= 11 is 0. The molecule has 14 heteroatoms. The number of likely N-dealkylation sites (tertiary alicyclic amines) is 1. The molecule has 1 saturated heterocycles. The second-order valence-electron chi connectivity index (χ2n) is 13.5. The van der Waals surface area contributed by atoms with Crippen molar-refractivity contribution in [3.8, 4) is 0 Å². The van der Waals surface area contributed by atoms with Crippen LogP contribution in [0.2, 0.25) is 0 Å². The molecule has 3 aromatic rings. The maximum atomic E-state index is 14.2. The van der Waals surface area contributed by atoms with Crippen LogP contribution in [-0.2, 0) is 38.7 Å². The number of hydrogen-bond donors (Lipinski definition) is 1. The summed E-state index contributed by atoms with van der Waals surface area (Å²) in [6.07, 6.45) is -12.9. The molecule has 4 rings (SSSR count). The van der Waals surface area contributed by atoms with Gasteiger partial charge in [0.15, 0.2) is 0 Å². The molecule has 2 amide bonds. The Balaban J connectivity index is 1.77. The van der Waals surface area contributed by atoms with Crippen molar-refractivity contribution >= 4 is 12.2 Å². The van der Waals surface area contributed by atoms with Crippen molar-refractivity contribution in [3.63, 3.8) is 0 Å². The van der Waals surface area contributed by atoms with Gasteiger partial charge in [0.1, 0.15) is 17.7 Å². The highest BCUT2D eigenvalue weighted by molar-refractivity contribution is 5.72. The molecule has 1 aliphatic rings. The van der Waals surface area contributed by atoms with Crippen LogP contribution in [0.25, 0.3) is 4.85 Å². The van der Waals surface area contributed by atoms with E-state index < -0.39 is 65.1 Å². The zero-order valence-corrected chi connectivity index (χ0v) is 28.5. The van der Waals surface area contributed by atoms with Gasteiger partial charge in [0.05, 0.1) is 35.9 Å². The fourth-order valence-corrected chi connectivity index (χ4v) is 5.95. The summed E-state index contributed by atoms with van der Waals surface area (Å²) in [7, 11) is 0. The van der Waals surface area contributed by atoms with E-state index in [1.165, 1.54) is 11.8 Å². The van der Waals surface area contributed by atoms with Crippen LogP contribution in [0.15, 0.2) is 78.9 Å². The highest BCUT2D eigenvalue weighted by atomic mass is 19.4. The minimum absolute atomic E-state index is 0.0436. The predicted octanol–water partition coefficient (Wildman–Crippen LogP) is 9.31. The van der Waals surface area contributed by atoms with Crippen molar-refractivity contribution in [3.05, 3.63) is 118 Å². The van der Waals surface area contributed by atoms with E-state index in [4.69, 9.17) is 20.8 Å². The fourth-order valence-electron chi connectivity index (χ4n) is 5.95. The molecule has 0 spiro atoms. The predicted molar refractivity (Wildman–Crippen MR) is 175 cm³/mol. The third-order valence-corrected chi connectivity index (χ3v) is 8.53. The van der Waals surface area contributed by atoms with Gasteiger partial charge in [-0.2, -0.15) is 26.3 Å². The largest absolute Gasteiger partial charge is 0.445 e. The fraction of sp³-hybridized carbons (Fsp3) is 0.432. The Morgan fingerprint density at radius 2 is 1.47 bits per heavy atom. The molecule has 0 radical (unpaired) electrons. The number of amides is 2. The minimum Gasteiger partial charge on any atom is -0.445 e. The summed E-state index contributed by atoms with van der Waals surface area (Å²) in [5.41, 5.74) is -5.74. The Morgan fingerprint density at radius 1 is 0.902 bits per heavy atom. The van der Waals surface area contributed by atoms with Gasteiger partial charge >= 0.3 is 24.5 Å². The normalized spacial score (nSPS) is 20.2. The molecule has 3 aromatic carbocycles. The van der Waals surface area contributed by atoms with Gasteiger partial charge < -0.3 is 24.4 Å². The first-order valence-corrected chi connectivity index (χ1v) is 16.1. The monoisotopic (exact) mass is 719 g/mol. The summed E-state index contributed by atoms with van der Waals surface area (Å²) < 4.78 is 99.5. The Morgan fingerprint density at radius 3 is 2.00 bits per heavy atom. The molecule has 3 atom stereocenters. The molecule has 1 unspecified atom stereocenters. The van der Waals surface area contributed by atoms with Crippen LogP contribution in [0.3, 0.4) is 0 Å². The second-order valence-corrected chi connectivity index (χ2v) is 13.5. The highest BCUT2D eigenvalue weighted by Gasteiger charge is 2.54. The number of benzene rings is 3. The summed E-state index contributed by atoms with van der Waals surface area (Å²) in [5, 5.41) is 2.79. The number of alkyl carbamates (subject to hydrolysis) is 1. The Labute approximate surface area is 292 Å². The molecule has 0 aliphatic carbocycles. The second kappa shape index (κ2) is 15.2. The number of hydrogen-bond acceptors (Lipinski definition) is 5. The third kappa shape index (κ3) is 9.94. The summed E-state index contributed by atoms with van der Waals surface area (Å²) in [6.45, 7) is 13.0. The first-order chi connectivity index (χ1) is 23.8. The van der Waals surface area contributed by atoms with Crippen molar-refractivity contribution < 1.29 is 50.1 Å². The van der Waals surface area contributed by atoms with E-state index >= 15 is 0 Å². The molecule has 1 N–H and O–H groups in total.